The van der Waals surface area contributed by atoms with Crippen molar-refractivity contribution in [3.8, 4) is 11.3 Å². The monoisotopic (exact) mass is 366 g/mol. The lowest BCUT2D eigenvalue weighted by atomic mass is 9.95. The van der Waals surface area contributed by atoms with Crippen LogP contribution in [0.2, 0.25) is 0 Å². The lowest BCUT2D eigenvalue weighted by molar-refractivity contribution is -0.147. The third-order valence-corrected chi connectivity index (χ3v) is 4.55. The third kappa shape index (κ3) is 3.69. The van der Waals surface area contributed by atoms with Gasteiger partial charge >= 0.3 is 5.97 Å². The molecule has 0 aliphatic heterocycles. The molecule has 1 amide bonds. The first-order chi connectivity index (χ1) is 13.0. The van der Waals surface area contributed by atoms with Crippen LogP contribution < -0.4 is 5.32 Å². The van der Waals surface area contributed by atoms with Gasteiger partial charge in [0.05, 0.1) is 12.5 Å². The lowest BCUT2D eigenvalue weighted by Crippen LogP contribution is -2.52. The summed E-state index contributed by atoms with van der Waals surface area (Å²) in [6.45, 7) is 3.62. The number of hydrogen-bond donors (Lipinski definition) is 1. The van der Waals surface area contributed by atoms with Gasteiger partial charge in [-0.05, 0) is 31.5 Å². The lowest BCUT2D eigenvalue weighted by Gasteiger charge is -2.27. The average molecular weight is 366 g/mol. The number of ether oxygens (including phenoxy) is 1. The zero-order valence-electron chi connectivity index (χ0n) is 15.6. The number of rotatable bonds is 6. The van der Waals surface area contributed by atoms with E-state index in [1.807, 2.05) is 37.3 Å². The van der Waals surface area contributed by atoms with E-state index in [2.05, 4.69) is 10.5 Å². The van der Waals surface area contributed by atoms with Crippen molar-refractivity contribution in [1.29, 1.82) is 0 Å². The third-order valence-electron chi connectivity index (χ3n) is 4.55. The van der Waals surface area contributed by atoms with Crippen LogP contribution in [0.4, 0.5) is 0 Å². The number of carbonyl (C=O) groups is 2. The normalized spacial score (nSPS) is 13.1. The zero-order valence-corrected chi connectivity index (χ0v) is 15.6. The second-order valence-corrected chi connectivity index (χ2v) is 6.64. The molecule has 1 heterocycles. The molecule has 0 aliphatic carbocycles. The Hall–Kier alpha value is -3.15. The van der Waals surface area contributed by atoms with E-state index in [1.54, 1.807) is 25.1 Å². The molecule has 2 aromatic carbocycles. The highest BCUT2D eigenvalue weighted by Gasteiger charge is 2.35. The van der Waals surface area contributed by atoms with Crippen LogP contribution in [0.5, 0.6) is 0 Å². The molecule has 1 atom stereocenters. The molecule has 1 N–H and O–H groups in total. The van der Waals surface area contributed by atoms with Crippen LogP contribution in [0.1, 0.15) is 37.0 Å². The van der Waals surface area contributed by atoms with Crippen LogP contribution >= 0.6 is 0 Å². The number of nitrogens with zero attached hydrogens (tertiary/aromatic N) is 1. The fraction of sp³-hybridized carbons (Fsp3) is 0.286. The maximum absolute atomic E-state index is 12.8. The fourth-order valence-corrected chi connectivity index (χ4v) is 3.14. The van der Waals surface area contributed by atoms with E-state index < -0.39 is 11.5 Å². The number of benzene rings is 2. The van der Waals surface area contributed by atoms with E-state index >= 15 is 0 Å². The Morgan fingerprint density at radius 1 is 1.19 bits per heavy atom. The Balaban J connectivity index is 1.95. The molecule has 0 spiro atoms. The van der Waals surface area contributed by atoms with Gasteiger partial charge in [-0.1, -0.05) is 48.8 Å². The van der Waals surface area contributed by atoms with E-state index in [-0.39, 0.29) is 5.91 Å². The van der Waals surface area contributed by atoms with Crippen LogP contribution in [0.3, 0.4) is 0 Å². The fourth-order valence-electron chi connectivity index (χ4n) is 3.14. The smallest absolute Gasteiger partial charge is 0.331 e. The number of hydrogen-bond acceptors (Lipinski definition) is 5. The Morgan fingerprint density at radius 3 is 2.59 bits per heavy atom. The highest BCUT2D eigenvalue weighted by molar-refractivity contribution is 6.02. The minimum Gasteiger partial charge on any atom is -0.467 e. The second-order valence-electron chi connectivity index (χ2n) is 6.64. The molecule has 6 heteroatoms. The molecule has 0 saturated heterocycles. The van der Waals surface area contributed by atoms with Crippen molar-refractivity contribution in [2.45, 2.75) is 32.2 Å². The molecule has 1 unspecified atom stereocenters. The minimum absolute atomic E-state index is 0.349. The molecule has 27 heavy (non-hydrogen) atoms. The van der Waals surface area contributed by atoms with E-state index in [9.17, 15) is 9.59 Å². The van der Waals surface area contributed by atoms with E-state index in [0.717, 1.165) is 17.4 Å². The summed E-state index contributed by atoms with van der Waals surface area (Å²) in [5.74, 6) is -0.211. The van der Waals surface area contributed by atoms with Gasteiger partial charge in [0.1, 0.15) is 11.1 Å². The van der Waals surface area contributed by atoms with Crippen LogP contribution in [0.15, 0.2) is 53.1 Å². The Morgan fingerprint density at radius 2 is 1.93 bits per heavy atom. The van der Waals surface area contributed by atoms with Gasteiger partial charge in [-0.15, -0.1) is 0 Å². The number of aromatic nitrogens is 1. The van der Waals surface area contributed by atoms with Crippen molar-refractivity contribution < 1.29 is 18.8 Å². The first-order valence-electron chi connectivity index (χ1n) is 8.84. The molecule has 1 aromatic heterocycles. The summed E-state index contributed by atoms with van der Waals surface area (Å²) >= 11 is 0. The second kappa shape index (κ2) is 7.61. The van der Waals surface area contributed by atoms with E-state index in [4.69, 9.17) is 9.26 Å². The van der Waals surface area contributed by atoms with Gasteiger partial charge in [0.2, 0.25) is 0 Å². The minimum atomic E-state index is -1.08. The Kier molecular flexibility index (Phi) is 5.26. The summed E-state index contributed by atoms with van der Waals surface area (Å²) in [7, 11) is 1.32. The van der Waals surface area contributed by atoms with Crippen LogP contribution in [0, 0.1) is 0 Å². The molecule has 0 fully saturated rings. The number of carbonyl (C=O) groups excluding carboxylic acids is 2. The molecule has 3 aromatic rings. The summed E-state index contributed by atoms with van der Waals surface area (Å²) in [6.07, 6.45) is 1.21. The van der Waals surface area contributed by atoms with Crippen molar-refractivity contribution in [1.82, 2.24) is 10.5 Å². The maximum Gasteiger partial charge on any atom is 0.331 e. The molecule has 0 radical (unpaired) electrons. The number of esters is 1. The summed E-state index contributed by atoms with van der Waals surface area (Å²) in [5, 5.41) is 7.61. The predicted octanol–water partition coefficient (Wildman–Crippen LogP) is 3.96. The standard InChI is InChI=1S/C21H22N2O4/c1-4-12-21(2,20(25)26-3)22-19(24)15-10-11-17-16(13-15)18(27-23-17)14-8-6-5-7-9-14/h5-11,13H,4,12H2,1-3H3,(H,22,24). The summed E-state index contributed by atoms with van der Waals surface area (Å²) < 4.78 is 10.3. The van der Waals surface area contributed by atoms with Crippen molar-refractivity contribution >= 4 is 22.8 Å². The molecule has 0 saturated carbocycles. The highest BCUT2D eigenvalue weighted by atomic mass is 16.5. The summed E-state index contributed by atoms with van der Waals surface area (Å²) in [6, 6.07) is 14.7. The van der Waals surface area contributed by atoms with Crippen LogP contribution in [0.25, 0.3) is 22.2 Å². The summed E-state index contributed by atoms with van der Waals surface area (Å²) in [4.78, 5) is 24.9. The number of amides is 1. The van der Waals surface area contributed by atoms with E-state index in [1.165, 1.54) is 7.11 Å². The van der Waals surface area contributed by atoms with Gasteiger partial charge in [0, 0.05) is 11.1 Å². The van der Waals surface area contributed by atoms with Crippen molar-refractivity contribution in [3.63, 3.8) is 0 Å². The molecule has 140 valence electrons. The van der Waals surface area contributed by atoms with Gasteiger partial charge in [0.15, 0.2) is 5.76 Å². The van der Waals surface area contributed by atoms with Gasteiger partial charge in [0.25, 0.3) is 5.91 Å². The molecule has 3 rings (SSSR count). The average Bonchev–Trinajstić information content (AvgIpc) is 3.11. The highest BCUT2D eigenvalue weighted by Crippen LogP contribution is 2.29. The predicted molar refractivity (Wildman–Crippen MR) is 102 cm³/mol. The van der Waals surface area contributed by atoms with Gasteiger partial charge in [-0.25, -0.2) is 4.79 Å². The van der Waals surface area contributed by atoms with Gasteiger partial charge < -0.3 is 14.6 Å². The SMILES string of the molecule is CCCC(C)(NC(=O)c1ccc2noc(-c3ccccc3)c2c1)C(=O)OC. The largest absolute Gasteiger partial charge is 0.467 e. The van der Waals surface area contributed by atoms with Gasteiger partial charge in [-0.3, -0.25) is 4.79 Å². The molecular formula is C21H22N2O4. The molecule has 6 nitrogen and oxygen atoms in total. The van der Waals surface area contributed by atoms with Crippen molar-refractivity contribution in [2.24, 2.45) is 0 Å². The Bertz CT molecular complexity index is 965. The topological polar surface area (TPSA) is 81.4 Å². The van der Waals surface area contributed by atoms with Crippen molar-refractivity contribution in [3.05, 3.63) is 54.1 Å². The first kappa shape index (κ1) is 18.6. The first-order valence-corrected chi connectivity index (χ1v) is 8.84. The number of fused-ring (bicyclic) bond motifs is 1. The number of methoxy groups -OCH3 is 1. The van der Waals surface area contributed by atoms with Crippen LogP contribution in [-0.2, 0) is 9.53 Å². The quantitative estimate of drug-likeness (QED) is 0.668. The van der Waals surface area contributed by atoms with E-state index in [0.29, 0.717) is 23.3 Å². The maximum atomic E-state index is 12.8. The molecular weight excluding hydrogens is 344 g/mol. The summed E-state index contributed by atoms with van der Waals surface area (Å²) in [5.41, 5.74) is 0.888. The number of nitrogens with one attached hydrogen (secondary N) is 1. The van der Waals surface area contributed by atoms with Crippen LogP contribution in [-0.4, -0.2) is 29.7 Å². The zero-order chi connectivity index (χ0) is 19.4. The Labute approximate surface area is 157 Å². The molecule has 0 aliphatic rings. The van der Waals surface area contributed by atoms with Gasteiger partial charge in [-0.2, -0.15) is 0 Å². The van der Waals surface area contributed by atoms with Crippen molar-refractivity contribution in [2.75, 3.05) is 7.11 Å². The molecule has 0 bridgehead atoms.